The third-order valence-corrected chi connectivity index (χ3v) is 4.65. The number of carbonyl (C=O) groups is 1. The second kappa shape index (κ2) is 4.95. The van der Waals surface area contributed by atoms with E-state index < -0.39 is 21.8 Å². The van der Waals surface area contributed by atoms with Gasteiger partial charge in [-0.15, -0.1) is 0 Å². The molecule has 0 radical (unpaired) electrons. The van der Waals surface area contributed by atoms with Gasteiger partial charge in [0.15, 0.2) is 0 Å². The van der Waals surface area contributed by atoms with Crippen LogP contribution in [0.25, 0.3) is 0 Å². The molecule has 1 aliphatic heterocycles. The molecule has 0 spiro atoms. The summed E-state index contributed by atoms with van der Waals surface area (Å²) in [5, 5.41) is 8.79. The van der Waals surface area contributed by atoms with Gasteiger partial charge in [0.1, 0.15) is 10.7 Å². The van der Waals surface area contributed by atoms with Crippen molar-refractivity contribution in [1.29, 1.82) is 0 Å². The number of hydrogen-bond acceptors (Lipinski definition) is 5. The Labute approximate surface area is 110 Å². The predicted molar refractivity (Wildman–Crippen MR) is 64.5 cm³/mol. The van der Waals surface area contributed by atoms with Crippen molar-refractivity contribution in [2.45, 2.75) is 37.3 Å². The van der Waals surface area contributed by atoms with Gasteiger partial charge in [0, 0.05) is 12.7 Å². The number of furan rings is 1. The largest absolute Gasteiger partial charge is 0.475 e. The maximum atomic E-state index is 12.2. The van der Waals surface area contributed by atoms with Crippen LogP contribution in [-0.2, 0) is 14.8 Å². The molecule has 2 atom stereocenters. The van der Waals surface area contributed by atoms with Crippen molar-refractivity contribution in [3.8, 4) is 0 Å². The van der Waals surface area contributed by atoms with Gasteiger partial charge in [-0.3, -0.25) is 0 Å². The zero-order valence-electron chi connectivity index (χ0n) is 10.5. The first-order valence-corrected chi connectivity index (χ1v) is 7.27. The fraction of sp³-hybridized carbons (Fsp3) is 0.545. The third kappa shape index (κ3) is 2.80. The van der Waals surface area contributed by atoms with Gasteiger partial charge < -0.3 is 14.3 Å². The SMILES string of the molecule is Cc1oc(C(=O)O)cc1S(=O)(=O)NC1CCOC1C. The molecule has 8 heteroatoms. The van der Waals surface area contributed by atoms with Crippen LogP contribution in [0.1, 0.15) is 29.7 Å². The highest BCUT2D eigenvalue weighted by molar-refractivity contribution is 7.89. The number of carboxylic acids is 1. The Kier molecular flexibility index (Phi) is 3.66. The van der Waals surface area contributed by atoms with Crippen LogP contribution in [0.5, 0.6) is 0 Å². The van der Waals surface area contributed by atoms with E-state index in [9.17, 15) is 13.2 Å². The summed E-state index contributed by atoms with van der Waals surface area (Å²) in [5.74, 6) is -1.65. The predicted octanol–water partition coefficient (Wildman–Crippen LogP) is 0.742. The van der Waals surface area contributed by atoms with Gasteiger partial charge in [-0.25, -0.2) is 17.9 Å². The van der Waals surface area contributed by atoms with E-state index in [0.29, 0.717) is 13.0 Å². The zero-order chi connectivity index (χ0) is 14.2. The van der Waals surface area contributed by atoms with Crippen molar-refractivity contribution < 1.29 is 27.5 Å². The van der Waals surface area contributed by atoms with Gasteiger partial charge in [-0.1, -0.05) is 0 Å². The lowest BCUT2D eigenvalue weighted by Gasteiger charge is -2.15. The van der Waals surface area contributed by atoms with Crippen LogP contribution in [-0.4, -0.2) is 38.2 Å². The molecule has 106 valence electrons. The van der Waals surface area contributed by atoms with E-state index in [-0.39, 0.29) is 22.8 Å². The van der Waals surface area contributed by atoms with Crippen LogP contribution in [0, 0.1) is 6.92 Å². The van der Waals surface area contributed by atoms with E-state index in [0.717, 1.165) is 6.07 Å². The first-order valence-electron chi connectivity index (χ1n) is 5.79. The highest BCUT2D eigenvalue weighted by Crippen LogP contribution is 2.22. The van der Waals surface area contributed by atoms with E-state index in [2.05, 4.69) is 4.72 Å². The van der Waals surface area contributed by atoms with Crippen molar-refractivity contribution in [2.75, 3.05) is 6.61 Å². The minimum absolute atomic E-state index is 0.0523. The molecule has 7 nitrogen and oxygen atoms in total. The fourth-order valence-electron chi connectivity index (χ4n) is 1.99. The van der Waals surface area contributed by atoms with Gasteiger partial charge in [-0.2, -0.15) is 0 Å². The van der Waals surface area contributed by atoms with Gasteiger partial charge in [-0.05, 0) is 20.3 Å². The summed E-state index contributed by atoms with van der Waals surface area (Å²) in [5.41, 5.74) is 0. The molecule has 0 saturated carbocycles. The monoisotopic (exact) mass is 289 g/mol. The minimum atomic E-state index is -3.81. The van der Waals surface area contributed by atoms with Crippen molar-refractivity contribution >= 4 is 16.0 Å². The van der Waals surface area contributed by atoms with E-state index in [1.54, 1.807) is 6.92 Å². The van der Waals surface area contributed by atoms with Gasteiger partial charge in [0.2, 0.25) is 15.8 Å². The highest BCUT2D eigenvalue weighted by Gasteiger charge is 2.31. The Balaban J connectivity index is 2.26. The van der Waals surface area contributed by atoms with Crippen molar-refractivity contribution in [2.24, 2.45) is 0 Å². The summed E-state index contributed by atoms with van der Waals surface area (Å²) >= 11 is 0. The Bertz CT molecular complexity index is 590. The maximum absolute atomic E-state index is 12.2. The number of carboxylic acid groups (broad SMARTS) is 1. The number of sulfonamides is 1. The summed E-state index contributed by atoms with van der Waals surface area (Å²) in [6.45, 7) is 3.69. The van der Waals surface area contributed by atoms with Crippen LogP contribution in [0.2, 0.25) is 0 Å². The second-order valence-electron chi connectivity index (χ2n) is 4.43. The number of aromatic carboxylic acids is 1. The summed E-state index contributed by atoms with van der Waals surface area (Å²) in [6, 6.07) is 0.702. The lowest BCUT2D eigenvalue weighted by molar-refractivity contribution is 0.0661. The molecule has 2 N–H and O–H groups in total. The molecule has 1 aromatic rings. The summed E-state index contributed by atoms with van der Waals surface area (Å²) < 4.78 is 37.0. The van der Waals surface area contributed by atoms with Crippen molar-refractivity contribution in [3.63, 3.8) is 0 Å². The fourth-order valence-corrected chi connectivity index (χ4v) is 3.50. The zero-order valence-corrected chi connectivity index (χ0v) is 11.4. The Morgan fingerprint density at radius 3 is 2.68 bits per heavy atom. The molecule has 0 aromatic carbocycles. The lowest BCUT2D eigenvalue weighted by atomic mass is 10.2. The molecule has 0 amide bonds. The van der Waals surface area contributed by atoms with E-state index in [4.69, 9.17) is 14.3 Å². The number of aryl methyl sites for hydroxylation is 1. The smallest absolute Gasteiger partial charge is 0.371 e. The highest BCUT2D eigenvalue weighted by atomic mass is 32.2. The lowest BCUT2D eigenvalue weighted by Crippen LogP contribution is -2.39. The molecule has 0 bridgehead atoms. The molecule has 1 saturated heterocycles. The normalized spacial score (nSPS) is 23.7. The quantitative estimate of drug-likeness (QED) is 0.847. The molecule has 1 fully saturated rings. The molecule has 19 heavy (non-hydrogen) atoms. The average molecular weight is 289 g/mol. The molecule has 2 rings (SSSR count). The standard InChI is InChI=1S/C11H15NO6S/c1-6-8(3-4-17-6)12-19(15,16)10-5-9(11(13)14)18-7(10)2/h5-6,8,12H,3-4H2,1-2H3,(H,13,14). The van der Waals surface area contributed by atoms with Gasteiger partial charge in [0.05, 0.1) is 12.1 Å². The number of nitrogens with one attached hydrogen (secondary N) is 1. The number of ether oxygens (including phenoxy) is 1. The Morgan fingerprint density at radius 2 is 2.21 bits per heavy atom. The number of rotatable bonds is 4. The third-order valence-electron chi connectivity index (χ3n) is 3.06. The molecule has 0 aliphatic carbocycles. The first-order chi connectivity index (χ1) is 8.81. The maximum Gasteiger partial charge on any atom is 0.371 e. The number of hydrogen-bond donors (Lipinski definition) is 2. The molecule has 1 aliphatic rings. The summed E-state index contributed by atoms with van der Waals surface area (Å²) in [4.78, 5) is 10.6. The van der Waals surface area contributed by atoms with E-state index >= 15 is 0 Å². The van der Waals surface area contributed by atoms with Crippen molar-refractivity contribution in [3.05, 3.63) is 17.6 Å². The molecule has 2 heterocycles. The van der Waals surface area contributed by atoms with Gasteiger partial charge >= 0.3 is 5.97 Å². The van der Waals surface area contributed by atoms with Crippen LogP contribution in [0.3, 0.4) is 0 Å². The average Bonchev–Trinajstić information content (AvgIpc) is 2.86. The van der Waals surface area contributed by atoms with Crippen LogP contribution in [0.15, 0.2) is 15.4 Å². The Hall–Kier alpha value is -1.38. The van der Waals surface area contributed by atoms with Crippen molar-refractivity contribution in [1.82, 2.24) is 4.72 Å². The topological polar surface area (TPSA) is 106 Å². The molecular weight excluding hydrogens is 274 g/mol. The van der Waals surface area contributed by atoms with E-state index in [1.165, 1.54) is 6.92 Å². The first kappa shape index (κ1) is 14.0. The second-order valence-corrected chi connectivity index (χ2v) is 6.11. The van der Waals surface area contributed by atoms with Crippen LogP contribution < -0.4 is 4.72 Å². The molecule has 2 unspecified atom stereocenters. The molecular formula is C11H15NO6S. The van der Waals surface area contributed by atoms with E-state index in [1.807, 2.05) is 0 Å². The summed E-state index contributed by atoms with van der Waals surface area (Å²) in [7, 11) is -3.81. The Morgan fingerprint density at radius 1 is 1.53 bits per heavy atom. The van der Waals surface area contributed by atoms with Gasteiger partial charge in [0.25, 0.3) is 0 Å². The van der Waals surface area contributed by atoms with Crippen LogP contribution in [0.4, 0.5) is 0 Å². The minimum Gasteiger partial charge on any atom is -0.475 e. The van der Waals surface area contributed by atoms with Crippen LogP contribution >= 0.6 is 0 Å². The summed E-state index contributed by atoms with van der Waals surface area (Å²) in [6.07, 6.45) is 0.379. The molecule has 1 aromatic heterocycles.